The summed E-state index contributed by atoms with van der Waals surface area (Å²) in [6, 6.07) is 18.2. The lowest BCUT2D eigenvalue weighted by molar-refractivity contribution is -0.116. The van der Waals surface area contributed by atoms with Gasteiger partial charge in [-0.2, -0.15) is 0 Å². The summed E-state index contributed by atoms with van der Waals surface area (Å²) in [6.45, 7) is 2.18. The number of sulfonamides is 1. The second-order valence-corrected chi connectivity index (χ2v) is 9.38. The van der Waals surface area contributed by atoms with E-state index in [2.05, 4.69) is 10.0 Å². The molecule has 33 heavy (non-hydrogen) atoms. The second kappa shape index (κ2) is 11.1. The van der Waals surface area contributed by atoms with Crippen LogP contribution in [0.25, 0.3) is 0 Å². The van der Waals surface area contributed by atoms with Gasteiger partial charge in [0, 0.05) is 17.1 Å². The summed E-state index contributed by atoms with van der Waals surface area (Å²) in [5, 5.41) is 3.19. The van der Waals surface area contributed by atoms with E-state index >= 15 is 0 Å². The number of carbonyl (C=O) groups is 1. The fourth-order valence-electron chi connectivity index (χ4n) is 2.94. The van der Waals surface area contributed by atoms with Crippen molar-refractivity contribution in [3.63, 3.8) is 0 Å². The second-order valence-electron chi connectivity index (χ2n) is 7.26. The first-order valence-corrected chi connectivity index (χ1v) is 12.1. The molecule has 7 nitrogen and oxygen atoms in total. The van der Waals surface area contributed by atoms with Crippen molar-refractivity contribution in [2.24, 2.45) is 0 Å². The number of rotatable bonds is 10. The Labute approximate surface area is 198 Å². The summed E-state index contributed by atoms with van der Waals surface area (Å²) >= 11 is 5.96. The fourth-order valence-corrected chi connectivity index (χ4v) is 4.24. The smallest absolute Gasteiger partial charge is 0.261 e. The number of ether oxygens (including phenoxy) is 2. The van der Waals surface area contributed by atoms with E-state index in [4.69, 9.17) is 21.1 Å². The van der Waals surface area contributed by atoms with E-state index in [1.807, 2.05) is 0 Å². The van der Waals surface area contributed by atoms with E-state index in [1.165, 1.54) is 12.1 Å². The molecule has 0 spiro atoms. The highest BCUT2D eigenvalue weighted by atomic mass is 35.5. The van der Waals surface area contributed by atoms with Crippen molar-refractivity contribution in [3.05, 3.63) is 77.3 Å². The lowest BCUT2D eigenvalue weighted by Gasteiger charge is -2.12. The minimum absolute atomic E-state index is 0.0766. The van der Waals surface area contributed by atoms with Crippen LogP contribution >= 0.6 is 11.6 Å². The Morgan fingerprint density at radius 1 is 0.970 bits per heavy atom. The molecule has 3 rings (SSSR count). The van der Waals surface area contributed by atoms with Crippen molar-refractivity contribution in [2.75, 3.05) is 23.8 Å². The maximum Gasteiger partial charge on any atom is 0.261 e. The first-order chi connectivity index (χ1) is 15.8. The summed E-state index contributed by atoms with van der Waals surface area (Å²) in [5.74, 6) is 1.27. The molecular formula is C24H25ClN2O5S. The highest BCUT2D eigenvalue weighted by molar-refractivity contribution is 7.92. The maximum atomic E-state index is 12.7. The zero-order valence-corrected chi connectivity index (χ0v) is 19.9. The third-order valence-corrected chi connectivity index (χ3v) is 6.39. The predicted octanol–water partition coefficient (Wildman–Crippen LogP) is 5.26. The summed E-state index contributed by atoms with van der Waals surface area (Å²) in [4.78, 5) is 12.3. The molecule has 174 valence electrons. The Kier molecular flexibility index (Phi) is 8.19. The SMILES string of the molecule is COc1ccc(OCCCC(=O)Nc2ccc(S(=O)(=O)Nc3cc(Cl)ccc3C)cc2)cc1. The molecule has 0 radical (unpaired) electrons. The van der Waals surface area contributed by atoms with Gasteiger partial charge in [-0.1, -0.05) is 17.7 Å². The van der Waals surface area contributed by atoms with Crippen LogP contribution in [0.4, 0.5) is 11.4 Å². The first-order valence-electron chi connectivity index (χ1n) is 10.2. The molecule has 0 fully saturated rings. The van der Waals surface area contributed by atoms with Crippen molar-refractivity contribution < 1.29 is 22.7 Å². The molecule has 0 aliphatic rings. The number of anilines is 2. The topological polar surface area (TPSA) is 93.7 Å². The fraction of sp³-hybridized carbons (Fsp3) is 0.208. The van der Waals surface area contributed by atoms with Gasteiger partial charge in [0.15, 0.2) is 0 Å². The molecule has 1 amide bonds. The van der Waals surface area contributed by atoms with Crippen molar-refractivity contribution in [1.29, 1.82) is 0 Å². The van der Waals surface area contributed by atoms with Gasteiger partial charge < -0.3 is 14.8 Å². The predicted molar refractivity (Wildman–Crippen MR) is 130 cm³/mol. The summed E-state index contributed by atoms with van der Waals surface area (Å²) in [6.07, 6.45) is 0.805. The number of hydrogen-bond acceptors (Lipinski definition) is 5. The molecule has 2 N–H and O–H groups in total. The van der Waals surface area contributed by atoms with E-state index < -0.39 is 10.0 Å². The maximum absolute atomic E-state index is 12.7. The third kappa shape index (κ3) is 7.13. The van der Waals surface area contributed by atoms with E-state index in [0.717, 1.165) is 11.3 Å². The van der Waals surface area contributed by atoms with Crippen molar-refractivity contribution in [2.45, 2.75) is 24.7 Å². The average molecular weight is 489 g/mol. The van der Waals surface area contributed by atoms with Crippen LogP contribution in [0.1, 0.15) is 18.4 Å². The third-order valence-electron chi connectivity index (χ3n) is 4.77. The first kappa shape index (κ1) is 24.4. The molecule has 0 heterocycles. The monoisotopic (exact) mass is 488 g/mol. The molecule has 0 unspecified atom stereocenters. The standard InChI is InChI=1S/C24H25ClN2O5S/c1-17-5-6-18(25)16-23(17)27-33(29,30)22-13-7-19(8-14-22)26-24(28)4-3-15-32-21-11-9-20(31-2)10-12-21/h5-14,16,27H,3-4,15H2,1-2H3,(H,26,28). The minimum Gasteiger partial charge on any atom is -0.497 e. The molecule has 0 atom stereocenters. The van der Waals surface area contributed by atoms with Gasteiger partial charge in [-0.25, -0.2) is 8.42 Å². The van der Waals surface area contributed by atoms with Gasteiger partial charge in [-0.15, -0.1) is 0 Å². The molecular weight excluding hydrogens is 464 g/mol. The Hall–Kier alpha value is -3.23. The van der Waals surface area contributed by atoms with E-state index in [0.29, 0.717) is 35.2 Å². The molecule has 0 saturated carbocycles. The van der Waals surface area contributed by atoms with Gasteiger partial charge in [0.25, 0.3) is 10.0 Å². The highest BCUT2D eigenvalue weighted by Crippen LogP contribution is 2.24. The largest absolute Gasteiger partial charge is 0.497 e. The lowest BCUT2D eigenvalue weighted by atomic mass is 10.2. The van der Waals surface area contributed by atoms with Crippen LogP contribution in [0.15, 0.2) is 71.6 Å². The van der Waals surface area contributed by atoms with E-state index in [9.17, 15) is 13.2 Å². The van der Waals surface area contributed by atoms with E-state index in [-0.39, 0.29) is 17.2 Å². The lowest BCUT2D eigenvalue weighted by Crippen LogP contribution is -2.15. The molecule has 0 bridgehead atoms. The minimum atomic E-state index is -3.79. The zero-order valence-electron chi connectivity index (χ0n) is 18.3. The van der Waals surface area contributed by atoms with Gasteiger partial charge in [-0.3, -0.25) is 9.52 Å². The van der Waals surface area contributed by atoms with Gasteiger partial charge in [0.2, 0.25) is 5.91 Å². The Morgan fingerprint density at radius 2 is 1.64 bits per heavy atom. The Morgan fingerprint density at radius 3 is 2.30 bits per heavy atom. The quantitative estimate of drug-likeness (QED) is 0.380. The van der Waals surface area contributed by atoms with Crippen molar-refractivity contribution in [3.8, 4) is 11.5 Å². The van der Waals surface area contributed by atoms with Gasteiger partial charge in [0.1, 0.15) is 11.5 Å². The Balaban J connectivity index is 1.48. The van der Waals surface area contributed by atoms with E-state index in [1.54, 1.807) is 68.6 Å². The van der Waals surface area contributed by atoms with Crippen LogP contribution in [-0.2, 0) is 14.8 Å². The molecule has 3 aromatic rings. The number of aryl methyl sites for hydroxylation is 1. The number of carbonyl (C=O) groups excluding carboxylic acids is 1. The molecule has 0 saturated heterocycles. The Bertz CT molecular complexity index is 1200. The number of nitrogens with one attached hydrogen (secondary N) is 2. The average Bonchev–Trinajstić information content (AvgIpc) is 2.80. The number of halogens is 1. The van der Waals surface area contributed by atoms with Crippen LogP contribution in [0.3, 0.4) is 0 Å². The van der Waals surface area contributed by atoms with Crippen LogP contribution in [0.2, 0.25) is 5.02 Å². The summed E-state index contributed by atoms with van der Waals surface area (Å²) < 4.78 is 38.6. The number of amides is 1. The van der Waals surface area contributed by atoms with Crippen LogP contribution in [0.5, 0.6) is 11.5 Å². The number of methoxy groups -OCH3 is 1. The highest BCUT2D eigenvalue weighted by Gasteiger charge is 2.16. The molecule has 0 aromatic heterocycles. The van der Waals surface area contributed by atoms with Gasteiger partial charge >= 0.3 is 0 Å². The summed E-state index contributed by atoms with van der Waals surface area (Å²) in [7, 11) is -2.20. The van der Waals surface area contributed by atoms with Crippen molar-refractivity contribution >= 4 is 38.9 Å². The molecule has 9 heteroatoms. The number of benzene rings is 3. The molecule has 0 aliphatic carbocycles. The van der Waals surface area contributed by atoms with Crippen LogP contribution in [0, 0.1) is 6.92 Å². The van der Waals surface area contributed by atoms with Crippen molar-refractivity contribution in [1.82, 2.24) is 0 Å². The number of hydrogen-bond donors (Lipinski definition) is 2. The molecule has 0 aliphatic heterocycles. The van der Waals surface area contributed by atoms with Crippen LogP contribution in [-0.4, -0.2) is 28.0 Å². The molecule has 3 aromatic carbocycles. The van der Waals surface area contributed by atoms with Crippen LogP contribution < -0.4 is 19.5 Å². The van der Waals surface area contributed by atoms with Gasteiger partial charge in [0.05, 0.1) is 24.3 Å². The normalized spacial score (nSPS) is 11.0. The van der Waals surface area contributed by atoms with Gasteiger partial charge in [-0.05, 0) is 79.6 Å². The zero-order chi connectivity index (χ0) is 23.8. The summed E-state index contributed by atoms with van der Waals surface area (Å²) in [5.41, 5.74) is 1.67.